The first-order chi connectivity index (χ1) is 10.9. The van der Waals surface area contributed by atoms with Crippen molar-refractivity contribution < 1.29 is 9.13 Å². The average molecular weight is 318 g/mol. The molecule has 1 aromatic heterocycles. The lowest BCUT2D eigenvalue weighted by Crippen LogP contribution is -2.33. The number of hydrogen-bond donors (Lipinski definition) is 0. The summed E-state index contributed by atoms with van der Waals surface area (Å²) >= 11 is 0. The molecule has 0 aliphatic carbocycles. The lowest BCUT2D eigenvalue weighted by atomic mass is 9.81. The van der Waals surface area contributed by atoms with Crippen LogP contribution in [-0.4, -0.2) is 35.0 Å². The quantitative estimate of drug-likeness (QED) is 0.872. The van der Waals surface area contributed by atoms with Crippen LogP contribution in [0.15, 0.2) is 18.2 Å². The van der Waals surface area contributed by atoms with Crippen molar-refractivity contribution in [2.45, 2.75) is 32.1 Å². The van der Waals surface area contributed by atoms with Gasteiger partial charge in [-0.25, -0.2) is 4.39 Å². The summed E-state index contributed by atoms with van der Waals surface area (Å²) in [7, 11) is 3.91. The third-order valence-corrected chi connectivity index (χ3v) is 4.82. The molecule has 2 heterocycles. The number of nitrogens with zero attached hydrogens (tertiary/aromatic N) is 4. The van der Waals surface area contributed by atoms with E-state index in [2.05, 4.69) is 17.1 Å². The molecule has 2 aromatic rings. The van der Waals surface area contributed by atoms with E-state index in [1.54, 1.807) is 13.0 Å². The van der Waals surface area contributed by atoms with Crippen molar-refractivity contribution in [3.63, 3.8) is 0 Å². The maximum absolute atomic E-state index is 13.5. The van der Waals surface area contributed by atoms with Crippen molar-refractivity contribution in [2.75, 3.05) is 25.2 Å². The summed E-state index contributed by atoms with van der Waals surface area (Å²) in [6.07, 6.45) is 1.89. The van der Waals surface area contributed by atoms with E-state index in [0.29, 0.717) is 5.56 Å². The van der Waals surface area contributed by atoms with Gasteiger partial charge in [-0.3, -0.25) is 4.57 Å². The number of halogens is 1. The highest BCUT2D eigenvalue weighted by atomic mass is 19.1. The average Bonchev–Trinajstić information content (AvgIpc) is 2.92. The maximum atomic E-state index is 13.5. The molecule has 5 nitrogen and oxygen atoms in total. The first-order valence-electron chi connectivity index (χ1n) is 7.90. The molecule has 124 valence electrons. The number of aryl methyl sites for hydroxylation is 1. The standard InChI is InChI=1S/C17H23FN4O/c1-12-11-13(5-6-14(12)18)21(3)16-20-19-15(22(16)4)17(2)7-9-23-10-8-17/h5-6,11H,7-10H2,1-4H3. The molecule has 0 saturated carbocycles. The molecule has 0 N–H and O–H groups in total. The van der Waals surface area contributed by atoms with Gasteiger partial charge in [0, 0.05) is 38.4 Å². The van der Waals surface area contributed by atoms with Crippen molar-refractivity contribution in [2.24, 2.45) is 7.05 Å². The highest BCUT2D eigenvalue weighted by molar-refractivity contribution is 5.57. The van der Waals surface area contributed by atoms with Gasteiger partial charge in [-0.1, -0.05) is 6.92 Å². The van der Waals surface area contributed by atoms with Gasteiger partial charge >= 0.3 is 0 Å². The Morgan fingerprint density at radius 1 is 1.26 bits per heavy atom. The maximum Gasteiger partial charge on any atom is 0.231 e. The Bertz CT molecular complexity index is 707. The van der Waals surface area contributed by atoms with Crippen LogP contribution in [0.5, 0.6) is 0 Å². The van der Waals surface area contributed by atoms with E-state index in [9.17, 15) is 4.39 Å². The minimum atomic E-state index is -0.199. The summed E-state index contributed by atoms with van der Waals surface area (Å²) in [6, 6.07) is 5.06. The molecule has 1 aliphatic rings. The van der Waals surface area contributed by atoms with Gasteiger partial charge in [0.15, 0.2) is 0 Å². The zero-order valence-corrected chi connectivity index (χ0v) is 14.1. The lowest BCUT2D eigenvalue weighted by molar-refractivity contribution is 0.0525. The molecule has 3 rings (SSSR count). The van der Waals surface area contributed by atoms with Crippen molar-refractivity contribution in [3.05, 3.63) is 35.4 Å². The van der Waals surface area contributed by atoms with Crippen molar-refractivity contribution in [1.82, 2.24) is 14.8 Å². The van der Waals surface area contributed by atoms with Gasteiger partial charge in [-0.05, 0) is 43.5 Å². The second-order valence-corrected chi connectivity index (χ2v) is 6.55. The van der Waals surface area contributed by atoms with Gasteiger partial charge < -0.3 is 9.64 Å². The highest BCUT2D eigenvalue weighted by Crippen LogP contribution is 2.35. The van der Waals surface area contributed by atoms with Crippen molar-refractivity contribution in [1.29, 1.82) is 0 Å². The molecule has 1 aliphatic heterocycles. The Hall–Kier alpha value is -1.95. The largest absolute Gasteiger partial charge is 0.381 e. The Morgan fingerprint density at radius 2 is 1.96 bits per heavy atom. The Balaban J connectivity index is 1.93. The number of rotatable bonds is 3. The monoisotopic (exact) mass is 318 g/mol. The Labute approximate surface area is 136 Å². The van der Waals surface area contributed by atoms with Gasteiger partial charge in [0.2, 0.25) is 5.95 Å². The van der Waals surface area contributed by atoms with E-state index >= 15 is 0 Å². The van der Waals surface area contributed by atoms with E-state index < -0.39 is 0 Å². The molecule has 1 aromatic carbocycles. The van der Waals surface area contributed by atoms with Crippen LogP contribution in [0.1, 0.15) is 31.2 Å². The van der Waals surface area contributed by atoms with E-state index in [0.717, 1.165) is 43.5 Å². The predicted molar refractivity (Wildman–Crippen MR) is 87.6 cm³/mol. The van der Waals surface area contributed by atoms with Crippen LogP contribution in [0.2, 0.25) is 0 Å². The number of aromatic nitrogens is 3. The van der Waals surface area contributed by atoms with Gasteiger partial charge in [0.1, 0.15) is 11.6 Å². The summed E-state index contributed by atoms with van der Waals surface area (Å²) < 4.78 is 21.0. The fraction of sp³-hybridized carbons (Fsp3) is 0.529. The van der Waals surface area contributed by atoms with Gasteiger partial charge in [-0.2, -0.15) is 0 Å². The first-order valence-corrected chi connectivity index (χ1v) is 7.90. The summed E-state index contributed by atoms with van der Waals surface area (Å²) in [5.74, 6) is 1.52. The van der Waals surface area contributed by atoms with Crippen LogP contribution >= 0.6 is 0 Å². The molecule has 23 heavy (non-hydrogen) atoms. The highest BCUT2D eigenvalue weighted by Gasteiger charge is 2.35. The molecule has 0 bridgehead atoms. The minimum absolute atomic E-state index is 0.0161. The molecular weight excluding hydrogens is 295 g/mol. The van der Waals surface area contributed by atoms with Gasteiger partial charge in [0.25, 0.3) is 0 Å². The van der Waals surface area contributed by atoms with Crippen molar-refractivity contribution >= 4 is 11.6 Å². The van der Waals surface area contributed by atoms with Crippen LogP contribution in [0.25, 0.3) is 0 Å². The molecule has 6 heteroatoms. The van der Waals surface area contributed by atoms with Crippen LogP contribution in [-0.2, 0) is 17.2 Å². The number of hydrogen-bond acceptors (Lipinski definition) is 4. The Morgan fingerprint density at radius 3 is 2.61 bits per heavy atom. The first kappa shape index (κ1) is 15.9. The SMILES string of the molecule is Cc1cc(N(C)c2nnc(C3(C)CCOCC3)n2C)ccc1F. The molecule has 1 saturated heterocycles. The Kier molecular flexibility index (Phi) is 4.10. The normalized spacial score (nSPS) is 17.3. The van der Waals surface area contributed by atoms with Crippen LogP contribution in [0.3, 0.4) is 0 Å². The molecule has 0 atom stereocenters. The summed E-state index contributed by atoms with van der Waals surface area (Å²) in [5, 5.41) is 8.81. The van der Waals surface area contributed by atoms with E-state index in [-0.39, 0.29) is 11.2 Å². The predicted octanol–water partition coefficient (Wildman–Crippen LogP) is 3.10. The third kappa shape index (κ3) is 2.83. The van der Waals surface area contributed by atoms with Crippen LogP contribution < -0.4 is 4.90 Å². The fourth-order valence-corrected chi connectivity index (χ4v) is 3.14. The summed E-state index contributed by atoms with van der Waals surface area (Å²) in [6.45, 7) is 5.49. The molecular formula is C17H23FN4O. The second kappa shape index (κ2) is 5.92. The molecule has 1 fully saturated rings. The summed E-state index contributed by atoms with van der Waals surface area (Å²) in [5.41, 5.74) is 1.49. The molecule has 0 radical (unpaired) electrons. The zero-order valence-electron chi connectivity index (χ0n) is 14.1. The topological polar surface area (TPSA) is 43.2 Å². The second-order valence-electron chi connectivity index (χ2n) is 6.55. The molecule has 0 amide bonds. The third-order valence-electron chi connectivity index (χ3n) is 4.82. The smallest absolute Gasteiger partial charge is 0.231 e. The van der Waals surface area contributed by atoms with Crippen LogP contribution in [0, 0.1) is 12.7 Å². The van der Waals surface area contributed by atoms with E-state index in [1.807, 2.05) is 29.6 Å². The minimum Gasteiger partial charge on any atom is -0.381 e. The lowest BCUT2D eigenvalue weighted by Gasteiger charge is -2.32. The van der Waals surface area contributed by atoms with Crippen molar-refractivity contribution in [3.8, 4) is 0 Å². The van der Waals surface area contributed by atoms with E-state index in [1.165, 1.54) is 6.07 Å². The van der Waals surface area contributed by atoms with Gasteiger partial charge in [0.05, 0.1) is 0 Å². The number of benzene rings is 1. The number of ether oxygens (including phenoxy) is 1. The molecule has 0 spiro atoms. The zero-order chi connectivity index (χ0) is 16.6. The van der Waals surface area contributed by atoms with E-state index in [4.69, 9.17) is 4.74 Å². The van der Waals surface area contributed by atoms with Crippen LogP contribution in [0.4, 0.5) is 16.0 Å². The number of anilines is 2. The fourth-order valence-electron chi connectivity index (χ4n) is 3.14. The molecule has 0 unspecified atom stereocenters. The van der Waals surface area contributed by atoms with Gasteiger partial charge in [-0.15, -0.1) is 10.2 Å². The summed E-state index contributed by atoms with van der Waals surface area (Å²) in [4.78, 5) is 1.94.